The maximum Gasteiger partial charge on any atom is -0.0414 e. The van der Waals surface area contributed by atoms with E-state index in [0.29, 0.717) is 0 Å². The summed E-state index contributed by atoms with van der Waals surface area (Å²) in [5.74, 6) is 4.20. The maximum atomic E-state index is 2.30. The molecule has 2 rings (SSSR count). The van der Waals surface area contributed by atoms with Gasteiger partial charge in [-0.1, -0.05) is 39.8 Å². The molecule has 2 aliphatic carbocycles. The van der Waals surface area contributed by atoms with Gasteiger partial charge in [0, 0.05) is 0 Å². The van der Waals surface area contributed by atoms with E-state index < -0.39 is 0 Å². The highest BCUT2D eigenvalue weighted by atomic mass is 14.3. The first-order valence-electron chi connectivity index (χ1n) is 6.10. The molecule has 0 nitrogen and oxygen atoms in total. The molecule has 2 aliphatic rings. The van der Waals surface area contributed by atoms with E-state index >= 15 is 0 Å². The summed E-state index contributed by atoms with van der Waals surface area (Å²) in [4.78, 5) is 0. The third-order valence-electron chi connectivity index (χ3n) is 3.36. The van der Waals surface area contributed by atoms with Gasteiger partial charge in [0.1, 0.15) is 0 Å². The van der Waals surface area contributed by atoms with Gasteiger partial charge in [-0.3, -0.25) is 0 Å². The Hall–Kier alpha value is -0.260. The Morgan fingerprint density at radius 2 is 0.786 bits per heavy atom. The highest BCUT2D eigenvalue weighted by molar-refractivity contribution is 4.77. The number of hydrogen-bond donors (Lipinski definition) is 0. The largest absolute Gasteiger partial charge is 0.0919 e. The van der Waals surface area contributed by atoms with Crippen LogP contribution in [0, 0.1) is 23.7 Å². The second kappa shape index (κ2) is 7.09. The molecule has 0 N–H and O–H groups in total. The van der Waals surface area contributed by atoms with E-state index in [1.165, 1.54) is 12.8 Å². The molecule has 0 spiro atoms. The molecule has 0 amide bonds. The Morgan fingerprint density at radius 3 is 0.786 bits per heavy atom. The van der Waals surface area contributed by atoms with Gasteiger partial charge in [0.2, 0.25) is 0 Å². The SMILES string of the molecule is C/C=C\C.CC1CC1C.C[C@@H]1C[C@@H]1C. The van der Waals surface area contributed by atoms with Crippen LogP contribution in [0.3, 0.4) is 0 Å². The lowest BCUT2D eigenvalue weighted by molar-refractivity contribution is 0.834. The Bertz CT molecular complexity index is 127. The molecule has 0 aromatic heterocycles. The zero-order valence-corrected chi connectivity index (χ0v) is 10.9. The van der Waals surface area contributed by atoms with Gasteiger partial charge in [-0.2, -0.15) is 0 Å². The lowest BCUT2D eigenvalue weighted by Gasteiger charge is -1.66. The summed E-state index contributed by atoms with van der Waals surface area (Å²) in [5.41, 5.74) is 0. The molecule has 0 bridgehead atoms. The van der Waals surface area contributed by atoms with Crippen molar-refractivity contribution in [2.24, 2.45) is 23.7 Å². The predicted octanol–water partition coefficient (Wildman–Crippen LogP) is 4.91. The Balaban J connectivity index is 0.000000183. The zero-order chi connectivity index (χ0) is 11.1. The van der Waals surface area contributed by atoms with Crippen LogP contribution in [-0.2, 0) is 0 Å². The zero-order valence-electron chi connectivity index (χ0n) is 10.9. The molecule has 2 saturated carbocycles. The molecule has 2 fully saturated rings. The van der Waals surface area contributed by atoms with Crippen molar-refractivity contribution in [1.82, 2.24) is 0 Å². The smallest absolute Gasteiger partial charge is 0.0414 e. The summed E-state index contributed by atoms with van der Waals surface area (Å²) in [7, 11) is 0. The van der Waals surface area contributed by atoms with Gasteiger partial charge in [-0.15, -0.1) is 0 Å². The van der Waals surface area contributed by atoms with Crippen LogP contribution in [0.5, 0.6) is 0 Å². The molecule has 84 valence electrons. The average molecular weight is 196 g/mol. The van der Waals surface area contributed by atoms with E-state index in [0.717, 1.165) is 23.7 Å². The minimum Gasteiger partial charge on any atom is -0.0919 e. The minimum absolute atomic E-state index is 1.05. The minimum atomic E-state index is 1.05. The standard InChI is InChI=1S/2C5H10.C4H8/c2*1-4-3-5(4)2;1-3-4-2/h2*4-5H,3H2,1-2H3;3-4H,1-2H3/b;;4-3-/t4-,5+;;. The van der Waals surface area contributed by atoms with Gasteiger partial charge in [0.15, 0.2) is 0 Å². The molecule has 0 saturated heterocycles. The molecule has 0 heterocycles. The van der Waals surface area contributed by atoms with Crippen molar-refractivity contribution < 1.29 is 0 Å². The lowest BCUT2D eigenvalue weighted by Crippen LogP contribution is -1.58. The molecule has 14 heavy (non-hydrogen) atoms. The van der Waals surface area contributed by atoms with Gasteiger partial charge < -0.3 is 0 Å². The normalized spacial score (nSPS) is 37.9. The van der Waals surface area contributed by atoms with Gasteiger partial charge >= 0.3 is 0 Å². The first-order chi connectivity index (χ1) is 6.52. The molecule has 0 aromatic rings. The summed E-state index contributed by atoms with van der Waals surface area (Å²) in [6.45, 7) is 13.2. The highest BCUT2D eigenvalue weighted by Gasteiger charge is 2.26. The van der Waals surface area contributed by atoms with E-state index in [1.807, 2.05) is 26.0 Å². The molecule has 0 heteroatoms. The first kappa shape index (κ1) is 13.7. The first-order valence-corrected chi connectivity index (χ1v) is 6.10. The van der Waals surface area contributed by atoms with Gasteiger partial charge in [0.25, 0.3) is 0 Å². The van der Waals surface area contributed by atoms with Gasteiger partial charge in [-0.05, 0) is 50.4 Å². The van der Waals surface area contributed by atoms with Crippen LogP contribution in [0.2, 0.25) is 0 Å². The van der Waals surface area contributed by atoms with Crippen LogP contribution < -0.4 is 0 Å². The molecule has 2 unspecified atom stereocenters. The second-order valence-electron chi connectivity index (χ2n) is 5.05. The summed E-state index contributed by atoms with van der Waals surface area (Å²) in [6, 6.07) is 0. The average Bonchev–Trinajstić information content (AvgIpc) is 2.99. The Morgan fingerprint density at radius 1 is 0.643 bits per heavy atom. The molecule has 4 atom stereocenters. The van der Waals surface area contributed by atoms with Crippen LogP contribution >= 0.6 is 0 Å². The summed E-state index contributed by atoms with van der Waals surface area (Å²) in [6.07, 6.45) is 6.94. The lowest BCUT2D eigenvalue weighted by atomic mass is 10.4. The third-order valence-corrected chi connectivity index (χ3v) is 3.36. The highest BCUT2D eigenvalue weighted by Crippen LogP contribution is 2.36. The van der Waals surface area contributed by atoms with Crippen molar-refractivity contribution in [3.8, 4) is 0 Å². The molecular weight excluding hydrogens is 168 g/mol. The van der Waals surface area contributed by atoms with E-state index in [1.54, 1.807) is 0 Å². The van der Waals surface area contributed by atoms with Crippen LogP contribution in [0.15, 0.2) is 12.2 Å². The van der Waals surface area contributed by atoms with Crippen molar-refractivity contribution in [1.29, 1.82) is 0 Å². The summed E-state index contributed by atoms with van der Waals surface area (Å²) < 4.78 is 0. The van der Waals surface area contributed by atoms with Crippen molar-refractivity contribution in [3.05, 3.63) is 12.2 Å². The summed E-state index contributed by atoms with van der Waals surface area (Å²) in [5, 5.41) is 0. The van der Waals surface area contributed by atoms with Crippen LogP contribution in [0.1, 0.15) is 54.4 Å². The fourth-order valence-electron chi connectivity index (χ4n) is 1.02. The quantitative estimate of drug-likeness (QED) is 0.483. The number of hydrogen-bond acceptors (Lipinski definition) is 0. The van der Waals surface area contributed by atoms with Crippen LogP contribution in [0.25, 0.3) is 0 Å². The molecule has 0 radical (unpaired) electrons. The van der Waals surface area contributed by atoms with E-state index in [-0.39, 0.29) is 0 Å². The van der Waals surface area contributed by atoms with E-state index in [2.05, 4.69) is 27.7 Å². The molecular formula is C14H28. The monoisotopic (exact) mass is 196 g/mol. The summed E-state index contributed by atoms with van der Waals surface area (Å²) >= 11 is 0. The fraction of sp³-hybridized carbons (Fsp3) is 0.857. The number of allylic oxidation sites excluding steroid dienone is 2. The van der Waals surface area contributed by atoms with Crippen molar-refractivity contribution in [2.75, 3.05) is 0 Å². The maximum absolute atomic E-state index is 2.30. The fourth-order valence-corrected chi connectivity index (χ4v) is 1.02. The number of rotatable bonds is 0. The van der Waals surface area contributed by atoms with Crippen LogP contribution in [0.4, 0.5) is 0 Å². The topological polar surface area (TPSA) is 0 Å². The van der Waals surface area contributed by atoms with Crippen molar-refractivity contribution >= 4 is 0 Å². The van der Waals surface area contributed by atoms with Gasteiger partial charge in [-0.25, -0.2) is 0 Å². The van der Waals surface area contributed by atoms with Crippen molar-refractivity contribution in [2.45, 2.75) is 54.4 Å². The Kier molecular flexibility index (Phi) is 6.96. The predicted molar refractivity (Wildman–Crippen MR) is 66.4 cm³/mol. The second-order valence-corrected chi connectivity index (χ2v) is 5.05. The van der Waals surface area contributed by atoms with E-state index in [9.17, 15) is 0 Å². The Labute approximate surface area is 90.8 Å². The van der Waals surface area contributed by atoms with Gasteiger partial charge in [0.05, 0.1) is 0 Å². The van der Waals surface area contributed by atoms with Crippen molar-refractivity contribution in [3.63, 3.8) is 0 Å². The van der Waals surface area contributed by atoms with E-state index in [4.69, 9.17) is 0 Å². The molecule has 0 aromatic carbocycles. The third kappa shape index (κ3) is 8.34. The molecule has 0 aliphatic heterocycles. The van der Waals surface area contributed by atoms with Crippen LogP contribution in [-0.4, -0.2) is 0 Å².